The van der Waals surface area contributed by atoms with Crippen molar-refractivity contribution in [3.05, 3.63) is 59.2 Å². The molecule has 0 saturated heterocycles. The summed E-state index contributed by atoms with van der Waals surface area (Å²) in [4.78, 5) is 11.9. The molecule has 0 aromatic heterocycles. The van der Waals surface area contributed by atoms with Crippen LogP contribution in [0.1, 0.15) is 16.7 Å². The molecule has 1 aliphatic rings. The molecule has 4 heteroatoms. The number of aryl methyl sites for hydroxylation is 1. The number of benzene rings is 2. The van der Waals surface area contributed by atoms with Gasteiger partial charge in [0.25, 0.3) is 0 Å². The van der Waals surface area contributed by atoms with Crippen LogP contribution in [0.3, 0.4) is 0 Å². The van der Waals surface area contributed by atoms with Gasteiger partial charge in [-0.15, -0.1) is 0 Å². The first-order chi connectivity index (χ1) is 10.2. The molecule has 0 N–H and O–H groups in total. The first kappa shape index (κ1) is 13.5. The number of hydrogen-bond acceptors (Lipinski definition) is 4. The minimum atomic E-state index is -1.10. The van der Waals surface area contributed by atoms with E-state index in [0.29, 0.717) is 17.9 Å². The average molecular weight is 284 g/mol. The van der Waals surface area contributed by atoms with Crippen LogP contribution in [0.4, 0.5) is 0 Å². The van der Waals surface area contributed by atoms with Gasteiger partial charge in [-0.25, -0.2) is 4.79 Å². The molecule has 0 bridgehead atoms. The van der Waals surface area contributed by atoms with Gasteiger partial charge in [0.2, 0.25) is 0 Å². The van der Waals surface area contributed by atoms with Gasteiger partial charge >= 0.3 is 12.3 Å². The van der Waals surface area contributed by atoms with Gasteiger partial charge in [0.1, 0.15) is 11.5 Å². The van der Waals surface area contributed by atoms with Crippen molar-refractivity contribution >= 4 is 5.97 Å². The molecular weight excluding hydrogens is 268 g/mol. The monoisotopic (exact) mass is 284 g/mol. The Morgan fingerprint density at radius 1 is 1.10 bits per heavy atom. The van der Waals surface area contributed by atoms with E-state index >= 15 is 0 Å². The smallest absolute Gasteiger partial charge is 0.389 e. The molecular formula is C17H16O4. The van der Waals surface area contributed by atoms with E-state index in [4.69, 9.17) is 14.2 Å². The van der Waals surface area contributed by atoms with E-state index in [9.17, 15) is 4.79 Å². The Balaban J connectivity index is 2.11. The van der Waals surface area contributed by atoms with Crippen molar-refractivity contribution in [2.24, 2.45) is 0 Å². The number of carbonyl (C=O) groups excluding carboxylic acids is 1. The van der Waals surface area contributed by atoms with Gasteiger partial charge in [-0.05, 0) is 30.2 Å². The largest absolute Gasteiger partial charge is 0.463 e. The number of rotatable bonds is 1. The first-order valence-electron chi connectivity index (χ1n) is 6.76. The normalized spacial score (nSPS) is 16.4. The SMILES string of the molecule is COC(=O)C1Oc2ccccc2Cc2c(C)cccc2O1. The lowest BCUT2D eigenvalue weighted by Crippen LogP contribution is -2.35. The molecule has 0 radical (unpaired) electrons. The maximum absolute atomic E-state index is 11.9. The van der Waals surface area contributed by atoms with Crippen LogP contribution in [0.5, 0.6) is 11.5 Å². The summed E-state index contributed by atoms with van der Waals surface area (Å²) < 4.78 is 16.2. The predicted octanol–water partition coefficient (Wildman–Crippen LogP) is 2.86. The Kier molecular flexibility index (Phi) is 3.52. The fourth-order valence-corrected chi connectivity index (χ4v) is 2.41. The van der Waals surface area contributed by atoms with Crippen molar-refractivity contribution < 1.29 is 19.0 Å². The topological polar surface area (TPSA) is 44.8 Å². The quantitative estimate of drug-likeness (QED) is 0.755. The molecule has 2 aromatic rings. The molecule has 0 saturated carbocycles. The summed E-state index contributed by atoms with van der Waals surface area (Å²) in [6.45, 7) is 2.03. The maximum atomic E-state index is 11.9. The zero-order chi connectivity index (χ0) is 14.8. The van der Waals surface area contributed by atoms with Gasteiger partial charge in [0.15, 0.2) is 0 Å². The maximum Gasteiger partial charge on any atom is 0.389 e. The summed E-state index contributed by atoms with van der Waals surface area (Å²) in [6.07, 6.45) is -0.400. The van der Waals surface area contributed by atoms with E-state index in [0.717, 1.165) is 16.7 Å². The molecule has 1 atom stereocenters. The number of hydrogen-bond donors (Lipinski definition) is 0. The zero-order valence-electron chi connectivity index (χ0n) is 12.0. The zero-order valence-corrected chi connectivity index (χ0v) is 12.0. The number of carbonyl (C=O) groups is 1. The van der Waals surface area contributed by atoms with Crippen LogP contribution in [0, 0.1) is 6.92 Å². The highest BCUT2D eigenvalue weighted by atomic mass is 16.7. The number of para-hydroxylation sites is 1. The summed E-state index contributed by atoms with van der Waals surface area (Å²) in [6, 6.07) is 13.4. The van der Waals surface area contributed by atoms with Crippen LogP contribution >= 0.6 is 0 Å². The summed E-state index contributed by atoms with van der Waals surface area (Å²) >= 11 is 0. The Labute approximate surface area is 123 Å². The van der Waals surface area contributed by atoms with Crippen LogP contribution in [0.25, 0.3) is 0 Å². The van der Waals surface area contributed by atoms with Crippen molar-refractivity contribution in [2.45, 2.75) is 19.6 Å². The third-order valence-electron chi connectivity index (χ3n) is 3.57. The third kappa shape index (κ3) is 2.57. The lowest BCUT2D eigenvalue weighted by atomic mass is 9.98. The van der Waals surface area contributed by atoms with Crippen molar-refractivity contribution in [3.8, 4) is 11.5 Å². The van der Waals surface area contributed by atoms with Gasteiger partial charge in [-0.2, -0.15) is 0 Å². The van der Waals surface area contributed by atoms with Crippen LogP contribution < -0.4 is 9.47 Å². The highest BCUT2D eigenvalue weighted by Crippen LogP contribution is 2.32. The standard InChI is InChI=1S/C17H16O4/c1-11-6-5-9-15-13(11)10-12-7-3-4-8-14(12)20-17(21-15)16(18)19-2/h3-9,17H,10H2,1-2H3. The van der Waals surface area contributed by atoms with E-state index in [1.807, 2.05) is 49.4 Å². The van der Waals surface area contributed by atoms with Crippen LogP contribution in [-0.2, 0) is 16.0 Å². The van der Waals surface area contributed by atoms with Crippen molar-refractivity contribution in [1.82, 2.24) is 0 Å². The molecule has 1 unspecified atom stereocenters. The van der Waals surface area contributed by atoms with Gasteiger partial charge in [-0.1, -0.05) is 30.3 Å². The Hall–Kier alpha value is -2.49. The third-order valence-corrected chi connectivity index (χ3v) is 3.57. The van der Waals surface area contributed by atoms with Gasteiger partial charge < -0.3 is 14.2 Å². The molecule has 108 valence electrons. The highest BCUT2D eigenvalue weighted by molar-refractivity contribution is 5.74. The Bertz CT molecular complexity index is 678. The van der Waals surface area contributed by atoms with Crippen LogP contribution in [0.15, 0.2) is 42.5 Å². The Morgan fingerprint density at radius 3 is 2.62 bits per heavy atom. The van der Waals surface area contributed by atoms with Gasteiger partial charge in [0, 0.05) is 12.0 Å². The molecule has 4 nitrogen and oxygen atoms in total. The van der Waals surface area contributed by atoms with E-state index in [1.165, 1.54) is 7.11 Å². The van der Waals surface area contributed by atoms with Gasteiger partial charge in [-0.3, -0.25) is 0 Å². The summed E-state index contributed by atoms with van der Waals surface area (Å²) in [7, 11) is 1.32. The number of fused-ring (bicyclic) bond motifs is 2. The van der Waals surface area contributed by atoms with Crippen molar-refractivity contribution in [1.29, 1.82) is 0 Å². The lowest BCUT2D eigenvalue weighted by molar-refractivity contribution is -0.162. The van der Waals surface area contributed by atoms with E-state index in [-0.39, 0.29) is 0 Å². The lowest BCUT2D eigenvalue weighted by Gasteiger charge is -2.25. The molecule has 1 heterocycles. The summed E-state index contributed by atoms with van der Waals surface area (Å²) in [5.41, 5.74) is 3.19. The molecule has 0 aliphatic carbocycles. The molecule has 0 amide bonds. The number of ether oxygens (including phenoxy) is 3. The second-order valence-electron chi connectivity index (χ2n) is 4.93. The minimum Gasteiger partial charge on any atom is -0.463 e. The molecule has 1 aliphatic heterocycles. The first-order valence-corrected chi connectivity index (χ1v) is 6.76. The summed E-state index contributed by atoms with van der Waals surface area (Å²) in [5, 5.41) is 0. The average Bonchev–Trinajstić information content (AvgIpc) is 2.48. The molecule has 2 aromatic carbocycles. The second-order valence-corrected chi connectivity index (χ2v) is 4.93. The summed E-state index contributed by atoms with van der Waals surface area (Å²) in [5.74, 6) is 0.737. The molecule has 21 heavy (non-hydrogen) atoms. The minimum absolute atomic E-state index is 0.556. The fraction of sp³-hybridized carbons (Fsp3) is 0.235. The van der Waals surface area contributed by atoms with Crippen molar-refractivity contribution in [2.75, 3.05) is 7.11 Å². The molecule has 0 spiro atoms. The second kappa shape index (κ2) is 5.48. The van der Waals surface area contributed by atoms with Crippen molar-refractivity contribution in [3.63, 3.8) is 0 Å². The predicted molar refractivity (Wildman–Crippen MR) is 77.5 cm³/mol. The Morgan fingerprint density at radius 2 is 1.81 bits per heavy atom. The van der Waals surface area contributed by atoms with Crippen LogP contribution in [0.2, 0.25) is 0 Å². The van der Waals surface area contributed by atoms with E-state index in [1.54, 1.807) is 0 Å². The van der Waals surface area contributed by atoms with Gasteiger partial charge in [0.05, 0.1) is 7.11 Å². The molecule has 0 fully saturated rings. The number of methoxy groups -OCH3 is 1. The fourth-order valence-electron chi connectivity index (χ4n) is 2.41. The van der Waals surface area contributed by atoms with Crippen LogP contribution in [-0.4, -0.2) is 19.4 Å². The highest BCUT2D eigenvalue weighted by Gasteiger charge is 2.28. The number of esters is 1. The van der Waals surface area contributed by atoms with E-state index in [2.05, 4.69) is 0 Å². The molecule has 3 rings (SSSR count). The van der Waals surface area contributed by atoms with E-state index < -0.39 is 12.3 Å².